The first-order chi connectivity index (χ1) is 14.3. The van der Waals surface area contributed by atoms with Crippen molar-refractivity contribution in [2.75, 3.05) is 18.8 Å². The number of benzene rings is 1. The summed E-state index contributed by atoms with van der Waals surface area (Å²) in [7, 11) is -3.10. The molecule has 3 saturated heterocycles. The molecule has 2 unspecified atom stereocenters. The van der Waals surface area contributed by atoms with E-state index in [4.69, 9.17) is 0 Å². The number of carbonyl (C=O) groups excluding carboxylic acids is 3. The van der Waals surface area contributed by atoms with Gasteiger partial charge in [0.25, 0.3) is 5.91 Å². The largest absolute Gasteiger partial charge is 0.322 e. The SMILES string of the molecule is O=C1CCC(N2Cc3ccc(CNC4CC5(CNC5)S(=O)(=O)C4)cc3C2=O)C(=O)N1. The zero-order valence-corrected chi connectivity index (χ0v) is 17.3. The first-order valence-corrected chi connectivity index (χ1v) is 11.9. The molecule has 0 aliphatic carbocycles. The Hall–Kier alpha value is -2.30. The number of amides is 3. The Balaban J connectivity index is 1.25. The molecular weight excluding hydrogens is 408 g/mol. The van der Waals surface area contributed by atoms with Gasteiger partial charge >= 0.3 is 0 Å². The normalized spacial score (nSPS) is 29.1. The van der Waals surface area contributed by atoms with Gasteiger partial charge in [-0.3, -0.25) is 19.7 Å². The molecule has 0 aromatic heterocycles. The minimum absolute atomic E-state index is 0.0963. The van der Waals surface area contributed by atoms with Crippen LogP contribution >= 0.6 is 0 Å². The van der Waals surface area contributed by atoms with Gasteiger partial charge in [0.05, 0.1) is 10.5 Å². The third-order valence-electron chi connectivity index (χ3n) is 6.78. The van der Waals surface area contributed by atoms with Crippen molar-refractivity contribution >= 4 is 27.6 Å². The molecule has 4 aliphatic heterocycles. The summed E-state index contributed by atoms with van der Waals surface area (Å²) in [6.45, 7) is 1.88. The molecule has 4 aliphatic rings. The number of hydrogen-bond donors (Lipinski definition) is 3. The quantitative estimate of drug-likeness (QED) is 0.525. The summed E-state index contributed by atoms with van der Waals surface area (Å²) >= 11 is 0. The van der Waals surface area contributed by atoms with Crippen LogP contribution < -0.4 is 16.0 Å². The number of rotatable bonds is 4. The third-order valence-corrected chi connectivity index (χ3v) is 9.40. The monoisotopic (exact) mass is 432 g/mol. The standard InChI is InChI=1S/C20H24N4O5S/c25-17-4-3-16(18(26)23-17)24-8-13-2-1-12(5-15(13)19(24)27)7-22-14-6-20(10-21-11-20)30(28,29)9-14/h1-2,5,14,16,21-22H,3-4,6-11H2,(H,23,25,26). The van der Waals surface area contributed by atoms with Crippen molar-refractivity contribution in [2.24, 2.45) is 0 Å². The van der Waals surface area contributed by atoms with E-state index < -0.39 is 26.5 Å². The van der Waals surface area contributed by atoms with Crippen LogP contribution in [0.5, 0.6) is 0 Å². The molecule has 1 aromatic rings. The average Bonchev–Trinajstić information content (AvgIpc) is 3.13. The van der Waals surface area contributed by atoms with Crippen molar-refractivity contribution < 1.29 is 22.8 Å². The highest BCUT2D eigenvalue weighted by Crippen LogP contribution is 2.36. The van der Waals surface area contributed by atoms with Crippen LogP contribution in [0.3, 0.4) is 0 Å². The van der Waals surface area contributed by atoms with E-state index in [1.165, 1.54) is 4.90 Å². The smallest absolute Gasteiger partial charge is 0.255 e. The highest BCUT2D eigenvalue weighted by Gasteiger charge is 2.55. The van der Waals surface area contributed by atoms with E-state index in [1.807, 2.05) is 18.2 Å². The first kappa shape index (κ1) is 19.7. The maximum absolute atomic E-state index is 12.9. The Morgan fingerprint density at radius 3 is 2.67 bits per heavy atom. The Morgan fingerprint density at radius 2 is 2.00 bits per heavy atom. The molecule has 3 amide bonds. The second-order valence-electron chi connectivity index (χ2n) is 8.74. The van der Waals surface area contributed by atoms with Crippen molar-refractivity contribution in [1.82, 2.24) is 20.9 Å². The maximum Gasteiger partial charge on any atom is 0.255 e. The van der Waals surface area contributed by atoms with Crippen LogP contribution in [0.25, 0.3) is 0 Å². The van der Waals surface area contributed by atoms with Gasteiger partial charge in [-0.1, -0.05) is 12.1 Å². The molecule has 3 N–H and O–H groups in total. The minimum Gasteiger partial charge on any atom is -0.322 e. The summed E-state index contributed by atoms with van der Waals surface area (Å²) in [5.41, 5.74) is 2.33. The summed E-state index contributed by atoms with van der Waals surface area (Å²) in [5, 5.41) is 8.71. The summed E-state index contributed by atoms with van der Waals surface area (Å²) in [4.78, 5) is 38.0. The average molecular weight is 433 g/mol. The summed E-state index contributed by atoms with van der Waals surface area (Å²) < 4.78 is 24.3. The Morgan fingerprint density at radius 1 is 1.20 bits per heavy atom. The van der Waals surface area contributed by atoms with Gasteiger partial charge < -0.3 is 15.5 Å². The lowest BCUT2D eigenvalue weighted by molar-refractivity contribution is -0.136. The van der Waals surface area contributed by atoms with Gasteiger partial charge in [-0.25, -0.2) is 8.42 Å². The van der Waals surface area contributed by atoms with Crippen molar-refractivity contribution in [1.29, 1.82) is 0 Å². The number of imide groups is 1. The number of piperidine rings is 1. The molecule has 0 saturated carbocycles. The molecule has 9 nitrogen and oxygen atoms in total. The lowest BCUT2D eigenvalue weighted by atomic mass is 9.94. The molecule has 30 heavy (non-hydrogen) atoms. The van der Waals surface area contributed by atoms with Gasteiger partial charge in [0.2, 0.25) is 11.8 Å². The van der Waals surface area contributed by atoms with Crippen LogP contribution in [-0.4, -0.2) is 66.7 Å². The molecule has 5 rings (SSSR count). The Kier molecular flexibility index (Phi) is 4.49. The van der Waals surface area contributed by atoms with Crippen LogP contribution in [0, 0.1) is 0 Å². The lowest BCUT2D eigenvalue weighted by Crippen LogP contribution is -2.62. The van der Waals surface area contributed by atoms with Gasteiger partial charge in [-0.05, 0) is 30.0 Å². The van der Waals surface area contributed by atoms with Gasteiger partial charge in [-0.15, -0.1) is 0 Å². The Bertz CT molecular complexity index is 1050. The first-order valence-electron chi connectivity index (χ1n) is 10.2. The lowest BCUT2D eigenvalue weighted by Gasteiger charge is -2.37. The van der Waals surface area contributed by atoms with E-state index in [2.05, 4.69) is 16.0 Å². The minimum atomic E-state index is -3.10. The van der Waals surface area contributed by atoms with Crippen molar-refractivity contribution in [2.45, 2.75) is 49.2 Å². The van der Waals surface area contributed by atoms with Gasteiger partial charge in [0.15, 0.2) is 9.84 Å². The second kappa shape index (κ2) is 6.86. The van der Waals surface area contributed by atoms with Crippen LogP contribution in [-0.2, 0) is 32.5 Å². The zero-order valence-electron chi connectivity index (χ0n) is 16.4. The number of fused-ring (bicyclic) bond motifs is 1. The maximum atomic E-state index is 12.9. The van der Waals surface area contributed by atoms with E-state index in [0.29, 0.717) is 44.6 Å². The van der Waals surface area contributed by atoms with Crippen molar-refractivity contribution in [3.8, 4) is 0 Å². The third kappa shape index (κ3) is 3.05. The molecule has 3 fully saturated rings. The number of nitrogens with one attached hydrogen (secondary N) is 3. The van der Waals surface area contributed by atoms with Crippen molar-refractivity contribution in [3.63, 3.8) is 0 Å². The van der Waals surface area contributed by atoms with Gasteiger partial charge in [0, 0.05) is 44.2 Å². The van der Waals surface area contributed by atoms with E-state index >= 15 is 0 Å². The highest BCUT2D eigenvalue weighted by molar-refractivity contribution is 7.93. The number of carbonyl (C=O) groups is 3. The zero-order chi connectivity index (χ0) is 21.1. The fourth-order valence-electron chi connectivity index (χ4n) is 4.95. The number of hydrogen-bond acceptors (Lipinski definition) is 7. The summed E-state index contributed by atoms with van der Waals surface area (Å²) in [5.74, 6) is -0.787. The molecule has 1 aromatic carbocycles. The fraction of sp³-hybridized carbons (Fsp3) is 0.550. The van der Waals surface area contributed by atoms with E-state index in [-0.39, 0.29) is 30.0 Å². The molecule has 4 heterocycles. The van der Waals surface area contributed by atoms with E-state index in [9.17, 15) is 22.8 Å². The van der Waals surface area contributed by atoms with Crippen LogP contribution in [0.4, 0.5) is 0 Å². The predicted octanol–water partition coefficient (Wildman–Crippen LogP) is -0.934. The molecule has 160 valence electrons. The van der Waals surface area contributed by atoms with E-state index in [0.717, 1.165) is 11.1 Å². The molecule has 10 heteroatoms. The second-order valence-corrected chi connectivity index (χ2v) is 11.2. The summed E-state index contributed by atoms with van der Waals surface area (Å²) in [6.07, 6.45) is 1.17. The van der Waals surface area contributed by atoms with Crippen LogP contribution in [0.2, 0.25) is 0 Å². The highest BCUT2D eigenvalue weighted by atomic mass is 32.2. The number of nitrogens with zero attached hydrogens (tertiary/aromatic N) is 1. The molecule has 0 bridgehead atoms. The number of sulfone groups is 1. The fourth-order valence-corrected chi connectivity index (χ4v) is 7.17. The van der Waals surface area contributed by atoms with Crippen LogP contribution in [0.15, 0.2) is 18.2 Å². The molecule has 0 radical (unpaired) electrons. The van der Waals surface area contributed by atoms with E-state index in [1.54, 1.807) is 0 Å². The molecule has 2 atom stereocenters. The topological polar surface area (TPSA) is 125 Å². The molecule has 1 spiro atoms. The van der Waals surface area contributed by atoms with Gasteiger partial charge in [-0.2, -0.15) is 0 Å². The van der Waals surface area contributed by atoms with Gasteiger partial charge in [0.1, 0.15) is 6.04 Å². The summed E-state index contributed by atoms with van der Waals surface area (Å²) in [6, 6.07) is 4.91. The molecular formula is C20H24N4O5S. The Labute approximate surface area is 174 Å². The van der Waals surface area contributed by atoms with Crippen LogP contribution in [0.1, 0.15) is 40.7 Å². The predicted molar refractivity (Wildman–Crippen MR) is 107 cm³/mol. The van der Waals surface area contributed by atoms with Crippen molar-refractivity contribution in [3.05, 3.63) is 34.9 Å².